The Hall–Kier alpha value is -0.490. The van der Waals surface area contributed by atoms with Gasteiger partial charge in [0, 0.05) is 27.6 Å². The molecule has 1 heterocycles. The Kier molecular flexibility index (Phi) is 4.37. The number of nitrogens with one attached hydrogen (secondary N) is 1. The van der Waals surface area contributed by atoms with Crippen LogP contribution in [-0.4, -0.2) is 22.6 Å². The first kappa shape index (κ1) is 13.9. The highest BCUT2D eigenvalue weighted by molar-refractivity contribution is 8.00. The number of thioether (sulfide) groups is 2. The summed E-state index contributed by atoms with van der Waals surface area (Å²) >= 11 is 1.79. The quantitative estimate of drug-likeness (QED) is 0.818. The molecule has 1 aliphatic heterocycles. The second-order valence-corrected chi connectivity index (χ2v) is 6.84. The molecule has 1 nitrogen and oxygen atoms in total. The third-order valence-electron chi connectivity index (χ3n) is 2.67. The van der Waals surface area contributed by atoms with Crippen LogP contribution in [0.1, 0.15) is 13.3 Å². The largest absolute Gasteiger partial charge is 0.446 e. The minimum Gasteiger partial charge on any atom is -0.381 e. The van der Waals surface area contributed by atoms with Crippen molar-refractivity contribution in [3.8, 4) is 0 Å². The van der Waals surface area contributed by atoms with Crippen LogP contribution in [0, 0.1) is 0 Å². The van der Waals surface area contributed by atoms with E-state index in [1.807, 2.05) is 11.8 Å². The number of alkyl halides is 3. The number of rotatable bonds is 3. The number of para-hydroxylation sites is 1. The highest BCUT2D eigenvalue weighted by Crippen LogP contribution is 2.41. The summed E-state index contributed by atoms with van der Waals surface area (Å²) in [5, 5.41) is 3.79. The van der Waals surface area contributed by atoms with Crippen molar-refractivity contribution in [3.63, 3.8) is 0 Å². The molecule has 2 unspecified atom stereocenters. The molecular formula is C12H14F3NS2. The molecule has 18 heavy (non-hydrogen) atoms. The van der Waals surface area contributed by atoms with Crippen LogP contribution >= 0.6 is 23.5 Å². The number of anilines is 1. The summed E-state index contributed by atoms with van der Waals surface area (Å²) in [6.45, 7) is 2.14. The van der Waals surface area contributed by atoms with Gasteiger partial charge in [0.25, 0.3) is 0 Å². The highest BCUT2D eigenvalue weighted by Gasteiger charge is 2.31. The summed E-state index contributed by atoms with van der Waals surface area (Å²) in [6.07, 6.45) is 0.996. The van der Waals surface area contributed by atoms with Crippen molar-refractivity contribution in [1.29, 1.82) is 0 Å². The molecular weight excluding hydrogens is 279 g/mol. The Morgan fingerprint density at radius 1 is 1.33 bits per heavy atom. The number of halogens is 3. The second-order valence-electron chi connectivity index (χ2n) is 4.26. The average Bonchev–Trinajstić information content (AvgIpc) is 2.65. The maximum atomic E-state index is 12.4. The van der Waals surface area contributed by atoms with E-state index >= 15 is 0 Å². The first-order valence-corrected chi connectivity index (χ1v) is 7.53. The van der Waals surface area contributed by atoms with Gasteiger partial charge in [-0.15, -0.1) is 0 Å². The van der Waals surface area contributed by atoms with Gasteiger partial charge in [0.15, 0.2) is 0 Å². The molecule has 100 valence electrons. The van der Waals surface area contributed by atoms with E-state index in [0.717, 1.165) is 12.2 Å². The van der Waals surface area contributed by atoms with E-state index in [4.69, 9.17) is 0 Å². The van der Waals surface area contributed by atoms with Crippen molar-refractivity contribution in [2.75, 3.05) is 11.1 Å². The van der Waals surface area contributed by atoms with Crippen molar-refractivity contribution in [3.05, 3.63) is 24.3 Å². The highest BCUT2D eigenvalue weighted by atomic mass is 32.2. The molecule has 2 rings (SSSR count). The van der Waals surface area contributed by atoms with E-state index in [9.17, 15) is 13.2 Å². The third-order valence-corrected chi connectivity index (χ3v) is 4.83. The number of hydrogen-bond donors (Lipinski definition) is 1. The monoisotopic (exact) mass is 293 g/mol. The van der Waals surface area contributed by atoms with Gasteiger partial charge >= 0.3 is 5.51 Å². The lowest BCUT2D eigenvalue weighted by atomic mass is 10.2. The maximum Gasteiger partial charge on any atom is 0.446 e. The van der Waals surface area contributed by atoms with Crippen LogP contribution < -0.4 is 5.32 Å². The lowest BCUT2D eigenvalue weighted by Gasteiger charge is -2.17. The molecule has 1 aliphatic rings. The van der Waals surface area contributed by atoms with E-state index in [2.05, 4.69) is 12.2 Å². The van der Waals surface area contributed by atoms with Gasteiger partial charge in [-0.2, -0.15) is 24.9 Å². The fourth-order valence-corrected chi connectivity index (χ4v) is 3.72. The molecule has 1 aromatic carbocycles. The Morgan fingerprint density at radius 3 is 2.67 bits per heavy atom. The topological polar surface area (TPSA) is 12.0 Å². The van der Waals surface area contributed by atoms with Gasteiger partial charge in [-0.25, -0.2) is 0 Å². The zero-order valence-corrected chi connectivity index (χ0v) is 11.5. The van der Waals surface area contributed by atoms with Gasteiger partial charge in [-0.1, -0.05) is 19.1 Å². The van der Waals surface area contributed by atoms with Gasteiger partial charge in [0.05, 0.1) is 0 Å². The van der Waals surface area contributed by atoms with Crippen LogP contribution in [0.5, 0.6) is 0 Å². The zero-order chi connectivity index (χ0) is 13.2. The van der Waals surface area contributed by atoms with E-state index in [1.165, 1.54) is 6.07 Å². The number of hydrogen-bond acceptors (Lipinski definition) is 3. The average molecular weight is 293 g/mol. The van der Waals surface area contributed by atoms with Gasteiger partial charge in [0.2, 0.25) is 0 Å². The predicted molar refractivity (Wildman–Crippen MR) is 72.3 cm³/mol. The standard InChI is InChI=1S/C12H14F3NS2/c1-8-6-9(7-17-8)16-10-4-2-3-5-11(10)18-12(13,14)15/h2-5,8-9,16H,6-7H2,1H3. The first-order chi connectivity index (χ1) is 8.44. The molecule has 0 saturated carbocycles. The summed E-state index contributed by atoms with van der Waals surface area (Å²) in [7, 11) is 0. The van der Waals surface area contributed by atoms with Crippen molar-refractivity contribution in [1.82, 2.24) is 0 Å². The molecule has 1 saturated heterocycles. The smallest absolute Gasteiger partial charge is 0.381 e. The van der Waals surface area contributed by atoms with Gasteiger partial charge in [-0.05, 0) is 30.3 Å². The van der Waals surface area contributed by atoms with E-state index in [1.54, 1.807) is 18.2 Å². The van der Waals surface area contributed by atoms with E-state index in [0.29, 0.717) is 10.9 Å². The SMILES string of the molecule is CC1CC(Nc2ccccc2SC(F)(F)F)CS1. The fourth-order valence-electron chi connectivity index (χ4n) is 1.94. The fraction of sp³-hybridized carbons (Fsp3) is 0.500. The van der Waals surface area contributed by atoms with Crippen molar-refractivity contribution < 1.29 is 13.2 Å². The summed E-state index contributed by atoms with van der Waals surface area (Å²) in [5.74, 6) is 0.951. The minimum absolute atomic E-state index is 0.0578. The summed E-state index contributed by atoms with van der Waals surface area (Å²) < 4.78 is 37.3. The Labute approximate surface area is 113 Å². The summed E-state index contributed by atoms with van der Waals surface area (Å²) in [4.78, 5) is 0.245. The molecule has 0 aliphatic carbocycles. The van der Waals surface area contributed by atoms with Crippen molar-refractivity contribution in [2.45, 2.75) is 35.0 Å². The lowest BCUT2D eigenvalue weighted by Crippen LogP contribution is -2.19. The molecule has 1 N–H and O–H groups in total. The second kappa shape index (κ2) is 5.65. The molecule has 1 aromatic rings. The van der Waals surface area contributed by atoms with Gasteiger partial charge < -0.3 is 5.32 Å². The molecule has 2 atom stereocenters. The van der Waals surface area contributed by atoms with Crippen LogP contribution in [0.4, 0.5) is 18.9 Å². The third kappa shape index (κ3) is 4.02. The Bertz CT molecular complexity index is 409. The summed E-state index contributed by atoms with van der Waals surface area (Å²) in [6, 6.07) is 6.87. The Balaban J connectivity index is 2.07. The molecule has 0 spiro atoms. The molecule has 6 heteroatoms. The molecule has 0 radical (unpaired) electrons. The molecule has 0 amide bonds. The molecule has 1 fully saturated rings. The molecule has 0 aromatic heterocycles. The Morgan fingerprint density at radius 2 is 2.06 bits per heavy atom. The van der Waals surface area contributed by atoms with E-state index in [-0.39, 0.29) is 22.7 Å². The van der Waals surface area contributed by atoms with Crippen molar-refractivity contribution >= 4 is 29.2 Å². The van der Waals surface area contributed by atoms with Crippen molar-refractivity contribution in [2.24, 2.45) is 0 Å². The lowest BCUT2D eigenvalue weighted by molar-refractivity contribution is -0.0327. The molecule has 0 bridgehead atoms. The minimum atomic E-state index is -4.24. The zero-order valence-electron chi connectivity index (χ0n) is 9.83. The van der Waals surface area contributed by atoms with Crippen LogP contribution in [-0.2, 0) is 0 Å². The van der Waals surface area contributed by atoms with Crippen LogP contribution in [0.2, 0.25) is 0 Å². The van der Waals surface area contributed by atoms with Gasteiger partial charge in [-0.3, -0.25) is 0 Å². The van der Waals surface area contributed by atoms with Crippen LogP contribution in [0.15, 0.2) is 29.2 Å². The van der Waals surface area contributed by atoms with Crippen LogP contribution in [0.3, 0.4) is 0 Å². The normalized spacial score (nSPS) is 24.2. The van der Waals surface area contributed by atoms with Crippen LogP contribution in [0.25, 0.3) is 0 Å². The predicted octanol–water partition coefficient (Wildman–Crippen LogP) is 4.60. The maximum absolute atomic E-state index is 12.4. The van der Waals surface area contributed by atoms with Gasteiger partial charge in [0.1, 0.15) is 0 Å². The van der Waals surface area contributed by atoms with E-state index < -0.39 is 5.51 Å². The first-order valence-electron chi connectivity index (χ1n) is 5.67. The number of benzene rings is 1. The summed E-state index contributed by atoms with van der Waals surface area (Å²) in [5.41, 5.74) is -3.66.